The normalized spacial score (nSPS) is 17.8. The Bertz CT molecular complexity index is 1240. The molecule has 8 nitrogen and oxygen atoms in total. The number of nitrogens with zero attached hydrogens (tertiary/aromatic N) is 2. The van der Waals surface area contributed by atoms with Gasteiger partial charge < -0.3 is 29.4 Å². The number of rotatable bonds is 7. The molecule has 0 saturated carbocycles. The molecule has 1 saturated heterocycles. The van der Waals surface area contributed by atoms with Gasteiger partial charge in [0.05, 0.1) is 25.8 Å². The summed E-state index contributed by atoms with van der Waals surface area (Å²) in [5.74, 6) is -0.578. The van der Waals surface area contributed by atoms with Gasteiger partial charge >= 0.3 is 0 Å². The minimum Gasteiger partial charge on any atom is -0.507 e. The minimum atomic E-state index is -0.830. The number of Topliss-reactive ketones (excluding diaryl/α,β-unsaturated/α-hetero) is 1. The van der Waals surface area contributed by atoms with E-state index in [-0.39, 0.29) is 11.3 Å². The molecule has 2 N–H and O–H groups in total. The molecule has 1 aliphatic rings. The topological polar surface area (TPSA) is 95.1 Å². The predicted molar refractivity (Wildman–Crippen MR) is 125 cm³/mol. The molecule has 0 radical (unpaired) electrons. The zero-order chi connectivity index (χ0) is 23.7. The van der Waals surface area contributed by atoms with Crippen molar-refractivity contribution in [2.45, 2.75) is 6.04 Å². The fourth-order valence-electron chi connectivity index (χ4n) is 4.21. The Hall–Kier alpha value is -3.78. The third-order valence-corrected chi connectivity index (χ3v) is 5.90. The number of aromatic amines is 1. The molecule has 172 valence electrons. The van der Waals surface area contributed by atoms with E-state index in [9.17, 15) is 14.7 Å². The molecule has 0 unspecified atom stereocenters. The minimum absolute atomic E-state index is 0.0232. The maximum Gasteiger partial charge on any atom is 0.295 e. The first kappa shape index (κ1) is 22.4. The van der Waals surface area contributed by atoms with Gasteiger partial charge in [-0.05, 0) is 38.4 Å². The van der Waals surface area contributed by atoms with Crippen molar-refractivity contribution in [2.75, 3.05) is 41.4 Å². The van der Waals surface area contributed by atoms with Crippen molar-refractivity contribution >= 4 is 28.4 Å². The number of carbonyl (C=O) groups is 2. The summed E-state index contributed by atoms with van der Waals surface area (Å²) in [6.07, 6.45) is 1.65. The summed E-state index contributed by atoms with van der Waals surface area (Å²) in [6, 6.07) is 11.8. The standard InChI is InChI=1S/C25H27N3O5/c1-27(2)11-12-28-22(17-13-15(32-3)9-10-20(17)33-4)21(24(30)25(28)31)23(29)18-14-26-19-8-6-5-7-16(18)19/h5-10,13-14,22,26,29H,11-12H2,1-4H3/t22-/m1/s1. The molecule has 8 heteroatoms. The van der Waals surface area contributed by atoms with Gasteiger partial charge in [0.25, 0.3) is 11.7 Å². The Labute approximate surface area is 192 Å². The van der Waals surface area contributed by atoms with E-state index in [4.69, 9.17) is 9.47 Å². The number of amides is 1. The second kappa shape index (κ2) is 8.99. The Kier molecular flexibility index (Phi) is 6.11. The van der Waals surface area contributed by atoms with Gasteiger partial charge in [-0.2, -0.15) is 0 Å². The highest BCUT2D eigenvalue weighted by Gasteiger charge is 2.47. The molecule has 1 aromatic heterocycles. The van der Waals surface area contributed by atoms with Crippen molar-refractivity contribution < 1.29 is 24.2 Å². The highest BCUT2D eigenvalue weighted by Crippen LogP contribution is 2.44. The van der Waals surface area contributed by atoms with Crippen LogP contribution in [-0.2, 0) is 9.59 Å². The third kappa shape index (κ3) is 3.93. The van der Waals surface area contributed by atoms with E-state index in [0.29, 0.717) is 35.7 Å². The van der Waals surface area contributed by atoms with Crippen LogP contribution in [0, 0.1) is 0 Å². The van der Waals surface area contributed by atoms with Crippen molar-refractivity contribution in [2.24, 2.45) is 0 Å². The highest BCUT2D eigenvalue weighted by atomic mass is 16.5. The van der Waals surface area contributed by atoms with Crippen LogP contribution in [0.3, 0.4) is 0 Å². The number of H-pyrrole nitrogens is 1. The van der Waals surface area contributed by atoms with Gasteiger partial charge in [0.2, 0.25) is 0 Å². The molecule has 0 spiro atoms. The van der Waals surface area contributed by atoms with E-state index >= 15 is 0 Å². The quantitative estimate of drug-likeness (QED) is 0.327. The van der Waals surface area contributed by atoms with Crippen LogP contribution >= 0.6 is 0 Å². The average Bonchev–Trinajstić information content (AvgIpc) is 3.36. The second-order valence-corrected chi connectivity index (χ2v) is 8.15. The number of hydrogen-bond donors (Lipinski definition) is 2. The fourth-order valence-corrected chi connectivity index (χ4v) is 4.21. The van der Waals surface area contributed by atoms with Gasteiger partial charge in [-0.25, -0.2) is 0 Å². The number of aliphatic hydroxyl groups is 1. The van der Waals surface area contributed by atoms with E-state index in [1.807, 2.05) is 43.3 Å². The van der Waals surface area contributed by atoms with Crippen LogP contribution in [0.4, 0.5) is 0 Å². The number of benzene rings is 2. The lowest BCUT2D eigenvalue weighted by molar-refractivity contribution is -0.140. The summed E-state index contributed by atoms with van der Waals surface area (Å²) in [5.41, 5.74) is 1.87. The van der Waals surface area contributed by atoms with Crippen molar-refractivity contribution in [1.82, 2.24) is 14.8 Å². The third-order valence-electron chi connectivity index (χ3n) is 5.90. The van der Waals surface area contributed by atoms with Crippen LogP contribution in [0.1, 0.15) is 17.2 Å². The van der Waals surface area contributed by atoms with Crippen molar-refractivity contribution in [1.29, 1.82) is 0 Å². The number of likely N-dealkylation sites (tertiary alicyclic amines) is 1. The number of nitrogens with one attached hydrogen (secondary N) is 1. The van der Waals surface area contributed by atoms with Gasteiger partial charge in [-0.3, -0.25) is 9.59 Å². The van der Waals surface area contributed by atoms with Crippen molar-refractivity contribution in [3.05, 3.63) is 65.4 Å². The molecule has 1 aliphatic heterocycles. The van der Waals surface area contributed by atoms with Crippen LogP contribution in [0.25, 0.3) is 16.7 Å². The maximum absolute atomic E-state index is 13.3. The highest BCUT2D eigenvalue weighted by molar-refractivity contribution is 6.46. The zero-order valence-electron chi connectivity index (χ0n) is 19.1. The molecule has 4 rings (SSSR count). The number of hydrogen-bond acceptors (Lipinski definition) is 6. The Morgan fingerprint density at radius 3 is 2.58 bits per heavy atom. The maximum atomic E-state index is 13.3. The SMILES string of the molecule is COc1ccc(OC)c([C@@H]2C(=C(O)c3c[nH]c4ccccc34)C(=O)C(=O)N2CCN(C)C)c1. The largest absolute Gasteiger partial charge is 0.507 e. The number of methoxy groups -OCH3 is 2. The fraction of sp³-hybridized carbons (Fsp3) is 0.280. The molecule has 33 heavy (non-hydrogen) atoms. The lowest BCUT2D eigenvalue weighted by atomic mass is 9.94. The van der Waals surface area contributed by atoms with Gasteiger partial charge in [-0.15, -0.1) is 0 Å². The Morgan fingerprint density at radius 2 is 1.88 bits per heavy atom. The van der Waals surface area contributed by atoms with Crippen LogP contribution in [0.15, 0.2) is 54.2 Å². The first-order chi connectivity index (χ1) is 15.9. The van der Waals surface area contributed by atoms with Crippen LogP contribution in [0.5, 0.6) is 11.5 Å². The molecule has 3 aromatic rings. The second-order valence-electron chi connectivity index (χ2n) is 8.15. The molecule has 1 fully saturated rings. The summed E-state index contributed by atoms with van der Waals surface area (Å²) in [4.78, 5) is 32.9. The smallest absolute Gasteiger partial charge is 0.295 e. The molecule has 0 bridgehead atoms. The van der Waals surface area contributed by atoms with Gasteiger partial charge in [0, 0.05) is 41.3 Å². The van der Waals surface area contributed by atoms with Gasteiger partial charge in [0.15, 0.2) is 0 Å². The number of fused-ring (bicyclic) bond motifs is 1. The number of carbonyl (C=O) groups excluding carboxylic acids is 2. The molecular weight excluding hydrogens is 422 g/mol. The van der Waals surface area contributed by atoms with E-state index in [0.717, 1.165) is 10.9 Å². The molecular formula is C25H27N3O5. The van der Waals surface area contributed by atoms with Crippen LogP contribution < -0.4 is 9.47 Å². The van der Waals surface area contributed by atoms with Gasteiger partial charge in [0.1, 0.15) is 17.3 Å². The Balaban J connectivity index is 1.95. The zero-order valence-corrected chi connectivity index (χ0v) is 19.1. The summed E-state index contributed by atoms with van der Waals surface area (Å²) in [7, 11) is 6.85. The first-order valence-corrected chi connectivity index (χ1v) is 10.6. The summed E-state index contributed by atoms with van der Waals surface area (Å²) < 4.78 is 11.0. The van der Waals surface area contributed by atoms with Crippen molar-refractivity contribution in [3.8, 4) is 11.5 Å². The van der Waals surface area contributed by atoms with Crippen LogP contribution in [0.2, 0.25) is 0 Å². The number of para-hydroxylation sites is 1. The number of ether oxygens (including phenoxy) is 2. The van der Waals surface area contributed by atoms with E-state index in [2.05, 4.69) is 4.98 Å². The Morgan fingerprint density at radius 1 is 1.12 bits per heavy atom. The van der Waals surface area contributed by atoms with E-state index in [1.165, 1.54) is 12.0 Å². The van der Waals surface area contributed by atoms with E-state index in [1.54, 1.807) is 31.5 Å². The molecule has 2 aromatic carbocycles. The molecule has 2 heterocycles. The van der Waals surface area contributed by atoms with E-state index < -0.39 is 17.7 Å². The van der Waals surface area contributed by atoms with Crippen LogP contribution in [-0.4, -0.2) is 73.0 Å². The molecule has 0 aliphatic carbocycles. The average molecular weight is 450 g/mol. The number of likely N-dealkylation sites (N-methyl/N-ethyl adjacent to an activating group) is 1. The lowest BCUT2D eigenvalue weighted by Crippen LogP contribution is -2.35. The summed E-state index contributed by atoms with van der Waals surface area (Å²) in [6.45, 7) is 0.843. The predicted octanol–water partition coefficient (Wildman–Crippen LogP) is 3.17. The molecule has 1 amide bonds. The number of aliphatic hydroxyl groups excluding tert-OH is 1. The summed E-state index contributed by atoms with van der Waals surface area (Å²) in [5, 5.41) is 12.1. The number of ketones is 1. The van der Waals surface area contributed by atoms with Gasteiger partial charge in [-0.1, -0.05) is 18.2 Å². The summed E-state index contributed by atoms with van der Waals surface area (Å²) >= 11 is 0. The monoisotopic (exact) mass is 449 g/mol. The molecule has 1 atom stereocenters. The number of aromatic nitrogens is 1. The lowest BCUT2D eigenvalue weighted by Gasteiger charge is -2.27. The van der Waals surface area contributed by atoms with Crippen molar-refractivity contribution in [3.63, 3.8) is 0 Å². The first-order valence-electron chi connectivity index (χ1n) is 10.6.